The Bertz CT molecular complexity index is 1100. The van der Waals surface area contributed by atoms with Gasteiger partial charge in [0.1, 0.15) is 23.3 Å². The Morgan fingerprint density at radius 2 is 1.82 bits per heavy atom. The number of hydrogen-bond donors (Lipinski definition) is 4. The Hall–Kier alpha value is -3.27. The highest BCUT2D eigenvalue weighted by molar-refractivity contribution is 6.13. The Morgan fingerprint density at radius 3 is 2.50 bits per heavy atom. The van der Waals surface area contributed by atoms with Crippen LogP contribution >= 0.6 is 0 Å². The highest BCUT2D eigenvalue weighted by Crippen LogP contribution is 2.47. The number of likely N-dealkylation sites (N-methyl/N-ethyl adjacent to an activating group) is 1. The number of carbonyl (C=O) groups is 5. The highest BCUT2D eigenvalue weighted by atomic mass is 16.2. The van der Waals surface area contributed by atoms with Crippen LogP contribution in [0, 0.1) is 5.41 Å². The molecule has 0 bridgehead atoms. The molecule has 4 rings (SSSR count). The van der Waals surface area contributed by atoms with Crippen LogP contribution in [0.4, 0.5) is 5.69 Å². The number of ketones is 1. The molecule has 2 saturated heterocycles. The second-order valence-electron chi connectivity index (χ2n) is 10.9. The predicted octanol–water partition coefficient (Wildman–Crippen LogP) is 1.64. The summed E-state index contributed by atoms with van der Waals surface area (Å²) in [6.07, 6.45) is 5.69. The van der Waals surface area contributed by atoms with Crippen molar-refractivity contribution in [3.05, 3.63) is 29.8 Å². The summed E-state index contributed by atoms with van der Waals surface area (Å²) in [5, 5.41) is 11.6. The van der Waals surface area contributed by atoms with Crippen molar-refractivity contribution in [1.29, 1.82) is 0 Å². The lowest BCUT2D eigenvalue weighted by molar-refractivity contribution is -0.144. The molecule has 1 saturated carbocycles. The SMILES string of the molecule is CNC(C)C(=O)NC1CCCCC2CCC(C(=O)NCc3cccc(NC(=O)C4(C(C)=O)CC4)c3)N2C1=O. The van der Waals surface area contributed by atoms with Gasteiger partial charge >= 0.3 is 0 Å². The summed E-state index contributed by atoms with van der Waals surface area (Å²) in [5.74, 6) is -1.05. The molecule has 0 aromatic heterocycles. The smallest absolute Gasteiger partial charge is 0.246 e. The molecule has 4 amide bonds. The van der Waals surface area contributed by atoms with E-state index in [-0.39, 0.29) is 42.0 Å². The second kappa shape index (κ2) is 11.6. The number of hydrogen-bond acceptors (Lipinski definition) is 6. The highest BCUT2D eigenvalue weighted by Gasteiger charge is 2.54. The Morgan fingerprint density at radius 1 is 1.08 bits per heavy atom. The van der Waals surface area contributed by atoms with Gasteiger partial charge in [0.25, 0.3) is 0 Å². The summed E-state index contributed by atoms with van der Waals surface area (Å²) in [6, 6.07) is 5.52. The molecule has 10 heteroatoms. The van der Waals surface area contributed by atoms with Gasteiger partial charge in [0.05, 0.1) is 6.04 Å². The molecule has 0 spiro atoms. The maximum absolute atomic E-state index is 13.5. The molecule has 4 atom stereocenters. The van der Waals surface area contributed by atoms with E-state index in [4.69, 9.17) is 0 Å². The fourth-order valence-electron chi connectivity index (χ4n) is 5.53. The van der Waals surface area contributed by atoms with Gasteiger partial charge in [-0.3, -0.25) is 24.0 Å². The van der Waals surface area contributed by atoms with Gasteiger partial charge in [-0.1, -0.05) is 25.0 Å². The molecule has 3 aliphatic rings. The first-order valence-corrected chi connectivity index (χ1v) is 13.6. The van der Waals surface area contributed by atoms with Crippen molar-refractivity contribution < 1.29 is 24.0 Å². The lowest BCUT2D eigenvalue weighted by atomic mass is 9.98. The van der Waals surface area contributed by atoms with Crippen LogP contribution in [0.1, 0.15) is 70.8 Å². The first-order chi connectivity index (χ1) is 18.2. The van der Waals surface area contributed by atoms with Crippen molar-refractivity contribution in [2.45, 2.75) is 95.9 Å². The number of amides is 4. The average Bonchev–Trinajstić information content (AvgIpc) is 3.62. The number of benzene rings is 1. The van der Waals surface area contributed by atoms with E-state index in [9.17, 15) is 24.0 Å². The molecule has 1 aromatic carbocycles. The van der Waals surface area contributed by atoms with Gasteiger partial charge in [-0.15, -0.1) is 0 Å². The molecule has 2 aliphatic heterocycles. The molecular weight excluding hydrogens is 486 g/mol. The Kier molecular flexibility index (Phi) is 8.50. The van der Waals surface area contributed by atoms with Gasteiger partial charge in [-0.05, 0) is 77.1 Å². The van der Waals surface area contributed by atoms with Crippen LogP contribution < -0.4 is 21.3 Å². The second-order valence-corrected chi connectivity index (χ2v) is 10.9. The Balaban J connectivity index is 1.39. The number of nitrogens with one attached hydrogen (secondary N) is 4. The zero-order valence-corrected chi connectivity index (χ0v) is 22.5. The van der Waals surface area contributed by atoms with Crippen LogP contribution in [0.3, 0.4) is 0 Å². The van der Waals surface area contributed by atoms with Crippen LogP contribution in [0.5, 0.6) is 0 Å². The van der Waals surface area contributed by atoms with E-state index in [1.165, 1.54) is 6.92 Å². The Labute approximate surface area is 223 Å². The molecule has 4 unspecified atom stereocenters. The third-order valence-corrected chi connectivity index (χ3v) is 8.29. The van der Waals surface area contributed by atoms with Crippen LogP contribution in [0.15, 0.2) is 24.3 Å². The standard InChI is InChI=1S/C28H39N5O5/c1-17(29-3)24(35)32-22-10-5-4-9-21-11-12-23(33(21)26(22)37)25(36)30-16-19-7-6-8-20(15-19)31-27(38)28(13-14-28)18(2)34/h6-8,15,17,21-23,29H,4-5,9-14,16H2,1-3H3,(H,30,36)(H,31,38)(H,32,35). The van der Waals surface area contributed by atoms with Gasteiger partial charge < -0.3 is 26.2 Å². The quantitative estimate of drug-likeness (QED) is 0.362. The van der Waals surface area contributed by atoms with Crippen LogP contribution in [-0.4, -0.2) is 65.5 Å². The van der Waals surface area contributed by atoms with Gasteiger partial charge in [-0.25, -0.2) is 0 Å². The first kappa shape index (κ1) is 27.8. The third-order valence-electron chi connectivity index (χ3n) is 8.29. The molecule has 2 heterocycles. The molecule has 4 N–H and O–H groups in total. The molecule has 1 aromatic rings. The number of nitrogens with zero attached hydrogens (tertiary/aromatic N) is 1. The number of carbonyl (C=O) groups excluding carboxylic acids is 5. The van der Waals surface area contributed by atoms with Crippen molar-refractivity contribution >= 4 is 35.1 Å². The summed E-state index contributed by atoms with van der Waals surface area (Å²) >= 11 is 0. The molecular formula is C28H39N5O5. The van der Waals surface area contributed by atoms with Crippen LogP contribution in [-0.2, 0) is 30.5 Å². The summed E-state index contributed by atoms with van der Waals surface area (Å²) in [7, 11) is 1.69. The molecule has 206 valence electrons. The van der Waals surface area contributed by atoms with Gasteiger partial charge in [0.2, 0.25) is 23.6 Å². The van der Waals surface area contributed by atoms with E-state index in [1.54, 1.807) is 37.1 Å². The number of anilines is 1. The van der Waals surface area contributed by atoms with E-state index in [1.807, 2.05) is 6.07 Å². The minimum atomic E-state index is -0.899. The van der Waals surface area contributed by atoms with Crippen molar-refractivity contribution in [2.75, 3.05) is 12.4 Å². The summed E-state index contributed by atoms with van der Waals surface area (Å²) in [4.78, 5) is 65.4. The van der Waals surface area contributed by atoms with E-state index in [0.717, 1.165) is 31.2 Å². The molecule has 10 nitrogen and oxygen atoms in total. The van der Waals surface area contributed by atoms with Crippen molar-refractivity contribution in [3.8, 4) is 0 Å². The van der Waals surface area contributed by atoms with Gasteiger partial charge in [0, 0.05) is 18.3 Å². The lowest BCUT2D eigenvalue weighted by Gasteiger charge is -2.35. The van der Waals surface area contributed by atoms with Crippen molar-refractivity contribution in [3.63, 3.8) is 0 Å². The fourth-order valence-corrected chi connectivity index (χ4v) is 5.53. The molecule has 0 radical (unpaired) electrons. The molecule has 38 heavy (non-hydrogen) atoms. The van der Waals surface area contributed by atoms with Crippen molar-refractivity contribution in [1.82, 2.24) is 20.9 Å². The lowest BCUT2D eigenvalue weighted by Crippen LogP contribution is -2.57. The van der Waals surface area contributed by atoms with E-state index in [0.29, 0.717) is 31.4 Å². The molecule has 1 aliphatic carbocycles. The number of rotatable bonds is 9. The van der Waals surface area contributed by atoms with E-state index >= 15 is 0 Å². The predicted molar refractivity (Wildman–Crippen MR) is 142 cm³/mol. The third kappa shape index (κ3) is 5.90. The monoisotopic (exact) mass is 525 g/mol. The average molecular weight is 526 g/mol. The number of fused-ring (bicyclic) bond motifs is 1. The minimum absolute atomic E-state index is 0.00534. The fraction of sp³-hybridized carbons (Fsp3) is 0.607. The summed E-state index contributed by atoms with van der Waals surface area (Å²) < 4.78 is 0. The zero-order valence-electron chi connectivity index (χ0n) is 22.5. The zero-order chi connectivity index (χ0) is 27.4. The maximum Gasteiger partial charge on any atom is 0.246 e. The largest absolute Gasteiger partial charge is 0.350 e. The van der Waals surface area contributed by atoms with Gasteiger partial charge in [-0.2, -0.15) is 0 Å². The first-order valence-electron chi connectivity index (χ1n) is 13.6. The maximum atomic E-state index is 13.5. The van der Waals surface area contributed by atoms with Crippen LogP contribution in [0.2, 0.25) is 0 Å². The van der Waals surface area contributed by atoms with Crippen LogP contribution in [0.25, 0.3) is 0 Å². The summed E-state index contributed by atoms with van der Waals surface area (Å²) in [6.45, 7) is 3.43. The normalized spacial score (nSPS) is 24.9. The molecule has 3 fully saturated rings. The summed E-state index contributed by atoms with van der Waals surface area (Å²) in [5.41, 5.74) is 0.469. The topological polar surface area (TPSA) is 137 Å². The van der Waals surface area contributed by atoms with E-state index in [2.05, 4.69) is 21.3 Å². The van der Waals surface area contributed by atoms with E-state index < -0.39 is 23.5 Å². The van der Waals surface area contributed by atoms with Crippen molar-refractivity contribution in [2.24, 2.45) is 5.41 Å². The number of Topliss-reactive ketones (excluding diaryl/α,β-unsaturated/α-hetero) is 1. The minimum Gasteiger partial charge on any atom is -0.350 e. The van der Waals surface area contributed by atoms with Gasteiger partial charge in [0.15, 0.2) is 0 Å².